The summed E-state index contributed by atoms with van der Waals surface area (Å²) in [5.41, 5.74) is -2.77. The lowest BCUT2D eigenvalue weighted by Gasteiger charge is -2.25. The first-order valence-electron chi connectivity index (χ1n) is 5.11. The number of ether oxygens (including phenoxy) is 2. The van der Waals surface area contributed by atoms with Crippen molar-refractivity contribution in [2.45, 2.75) is 25.4 Å². The fraction of sp³-hybridized carbons (Fsp3) is 0.500. The third-order valence-electron chi connectivity index (χ3n) is 1.97. The van der Waals surface area contributed by atoms with Gasteiger partial charge >= 0.3 is 29.8 Å². The molecule has 0 saturated carbocycles. The predicted molar refractivity (Wildman–Crippen MR) is 57.6 cm³/mol. The summed E-state index contributed by atoms with van der Waals surface area (Å²) in [5.74, 6) is -7.49. The van der Waals surface area contributed by atoms with E-state index in [9.17, 15) is 24.0 Å². The minimum atomic E-state index is -2.77. The maximum Gasteiger partial charge on any atom is 0.349 e. The van der Waals surface area contributed by atoms with Crippen molar-refractivity contribution < 1.29 is 48.8 Å². The Labute approximate surface area is 111 Å². The Hall–Kier alpha value is -2.65. The van der Waals surface area contributed by atoms with Gasteiger partial charge in [0, 0.05) is 6.92 Å². The van der Waals surface area contributed by atoms with Crippen LogP contribution in [0.4, 0.5) is 0 Å². The fourth-order valence-corrected chi connectivity index (χ4v) is 1.23. The molecule has 0 aromatic carbocycles. The molecule has 0 aromatic rings. The van der Waals surface area contributed by atoms with Crippen LogP contribution in [0, 0.1) is 0 Å². The van der Waals surface area contributed by atoms with E-state index in [0.29, 0.717) is 0 Å². The molecule has 0 aliphatic rings. The molecule has 0 saturated heterocycles. The molecule has 0 rings (SSSR count). The zero-order valence-electron chi connectivity index (χ0n) is 10.3. The van der Waals surface area contributed by atoms with Gasteiger partial charge in [0.05, 0.1) is 12.8 Å². The molecule has 0 spiro atoms. The van der Waals surface area contributed by atoms with Crippen molar-refractivity contribution in [3.05, 3.63) is 0 Å². The monoisotopic (exact) mass is 292 g/mol. The van der Waals surface area contributed by atoms with E-state index in [2.05, 4.69) is 9.47 Å². The minimum Gasteiger partial charge on any atom is -0.481 e. The molecule has 3 N–H and O–H groups in total. The first-order chi connectivity index (χ1) is 9.09. The highest BCUT2D eigenvalue weighted by Gasteiger charge is 2.47. The largest absolute Gasteiger partial charge is 0.481 e. The molecule has 0 radical (unpaired) electrons. The van der Waals surface area contributed by atoms with Crippen LogP contribution in [-0.2, 0) is 33.4 Å². The molecule has 0 aliphatic heterocycles. The van der Waals surface area contributed by atoms with Crippen LogP contribution >= 0.6 is 0 Å². The summed E-state index contributed by atoms with van der Waals surface area (Å²) in [5, 5.41) is 26.2. The summed E-state index contributed by atoms with van der Waals surface area (Å²) >= 11 is 0. The molecule has 0 fully saturated rings. The Morgan fingerprint density at radius 2 is 1.40 bits per heavy atom. The quantitative estimate of drug-likeness (QED) is 0.466. The third-order valence-corrected chi connectivity index (χ3v) is 1.97. The SMILES string of the molecule is CC(=O)OCC(=O)OC(CC(=O)O)(CC(=O)O)C(=O)O. The molecule has 0 aromatic heterocycles. The molecule has 0 amide bonds. The number of carboxylic acid groups (broad SMARTS) is 3. The summed E-state index contributed by atoms with van der Waals surface area (Å²) in [7, 11) is 0. The van der Waals surface area contributed by atoms with Crippen LogP contribution in [0.15, 0.2) is 0 Å². The second-order valence-electron chi connectivity index (χ2n) is 3.69. The summed E-state index contributed by atoms with van der Waals surface area (Å²) in [6.45, 7) is 0.0236. The van der Waals surface area contributed by atoms with Crippen molar-refractivity contribution in [3.63, 3.8) is 0 Å². The van der Waals surface area contributed by atoms with Crippen molar-refractivity contribution in [3.8, 4) is 0 Å². The predicted octanol–water partition coefficient (Wildman–Crippen LogP) is -1.13. The second-order valence-corrected chi connectivity index (χ2v) is 3.69. The highest BCUT2D eigenvalue weighted by atomic mass is 16.6. The molecule has 20 heavy (non-hydrogen) atoms. The van der Waals surface area contributed by atoms with E-state index in [4.69, 9.17) is 15.3 Å². The Bertz CT molecular complexity index is 421. The molecule has 10 heteroatoms. The van der Waals surface area contributed by atoms with E-state index in [0.717, 1.165) is 6.92 Å². The first kappa shape index (κ1) is 17.4. The zero-order chi connectivity index (χ0) is 15.9. The second kappa shape index (κ2) is 7.07. The molecular weight excluding hydrogens is 280 g/mol. The van der Waals surface area contributed by atoms with Crippen LogP contribution < -0.4 is 0 Å². The maximum atomic E-state index is 11.3. The van der Waals surface area contributed by atoms with E-state index in [-0.39, 0.29) is 0 Å². The van der Waals surface area contributed by atoms with Crippen LogP contribution in [0.2, 0.25) is 0 Å². The van der Waals surface area contributed by atoms with Gasteiger partial charge in [-0.1, -0.05) is 0 Å². The van der Waals surface area contributed by atoms with Crippen LogP contribution in [0.25, 0.3) is 0 Å². The lowest BCUT2D eigenvalue weighted by atomic mass is 9.95. The smallest absolute Gasteiger partial charge is 0.349 e. The lowest BCUT2D eigenvalue weighted by molar-refractivity contribution is -0.189. The average molecular weight is 292 g/mol. The van der Waals surface area contributed by atoms with Gasteiger partial charge in [0.15, 0.2) is 6.61 Å². The van der Waals surface area contributed by atoms with Gasteiger partial charge in [-0.05, 0) is 0 Å². The molecule has 112 valence electrons. The Balaban J connectivity index is 5.12. The van der Waals surface area contributed by atoms with Crippen molar-refractivity contribution >= 4 is 29.8 Å². The summed E-state index contributed by atoms with van der Waals surface area (Å²) in [6, 6.07) is 0. The van der Waals surface area contributed by atoms with Gasteiger partial charge in [0.1, 0.15) is 0 Å². The van der Waals surface area contributed by atoms with Crippen molar-refractivity contribution in [2.24, 2.45) is 0 Å². The number of rotatable bonds is 8. The standard InChI is InChI=1S/C10H12O10/c1-5(11)19-4-8(16)20-10(9(17)18,2-6(12)13)3-7(14)15/h2-4H2,1H3,(H,12,13)(H,14,15)(H,17,18). The molecule has 0 bridgehead atoms. The molecule has 0 heterocycles. The van der Waals surface area contributed by atoms with Crippen LogP contribution in [0.5, 0.6) is 0 Å². The van der Waals surface area contributed by atoms with Gasteiger partial charge in [0.2, 0.25) is 5.60 Å². The van der Waals surface area contributed by atoms with Crippen molar-refractivity contribution in [1.29, 1.82) is 0 Å². The van der Waals surface area contributed by atoms with Gasteiger partial charge in [-0.15, -0.1) is 0 Å². The van der Waals surface area contributed by atoms with E-state index < -0.39 is 54.9 Å². The number of carbonyl (C=O) groups excluding carboxylic acids is 2. The first-order valence-corrected chi connectivity index (χ1v) is 5.11. The fourth-order valence-electron chi connectivity index (χ4n) is 1.23. The highest BCUT2D eigenvalue weighted by Crippen LogP contribution is 2.22. The Morgan fingerprint density at radius 3 is 1.70 bits per heavy atom. The number of esters is 2. The number of carbonyl (C=O) groups is 5. The molecule has 10 nitrogen and oxygen atoms in total. The number of aliphatic carboxylic acids is 3. The average Bonchev–Trinajstić information content (AvgIpc) is 2.23. The van der Waals surface area contributed by atoms with E-state index >= 15 is 0 Å². The summed E-state index contributed by atoms with van der Waals surface area (Å²) in [4.78, 5) is 54.0. The molecule has 0 atom stereocenters. The maximum absolute atomic E-state index is 11.3. The third kappa shape index (κ3) is 5.80. The normalized spacial score (nSPS) is 10.4. The topological polar surface area (TPSA) is 165 Å². The van der Waals surface area contributed by atoms with Crippen molar-refractivity contribution in [1.82, 2.24) is 0 Å². The van der Waals surface area contributed by atoms with E-state index in [1.54, 1.807) is 0 Å². The Morgan fingerprint density at radius 1 is 0.950 bits per heavy atom. The van der Waals surface area contributed by atoms with Gasteiger partial charge in [-0.25, -0.2) is 9.59 Å². The number of hydrogen-bond acceptors (Lipinski definition) is 7. The van der Waals surface area contributed by atoms with Crippen molar-refractivity contribution in [2.75, 3.05) is 6.61 Å². The number of carboxylic acids is 3. The zero-order valence-corrected chi connectivity index (χ0v) is 10.3. The van der Waals surface area contributed by atoms with Gasteiger partial charge < -0.3 is 24.8 Å². The molecule has 0 unspecified atom stereocenters. The highest BCUT2D eigenvalue weighted by molar-refractivity contribution is 5.91. The van der Waals surface area contributed by atoms with E-state index in [1.165, 1.54) is 0 Å². The molecule has 0 aliphatic carbocycles. The lowest BCUT2D eigenvalue weighted by Crippen LogP contribution is -2.47. The van der Waals surface area contributed by atoms with Crippen LogP contribution in [-0.4, -0.2) is 57.4 Å². The van der Waals surface area contributed by atoms with Gasteiger partial charge in [-0.3, -0.25) is 14.4 Å². The van der Waals surface area contributed by atoms with Gasteiger partial charge in [0.25, 0.3) is 0 Å². The molecular formula is C10H12O10. The number of hydrogen-bond donors (Lipinski definition) is 3. The van der Waals surface area contributed by atoms with E-state index in [1.807, 2.05) is 0 Å². The summed E-state index contributed by atoms with van der Waals surface area (Å²) in [6.07, 6.45) is -2.50. The van der Waals surface area contributed by atoms with Gasteiger partial charge in [-0.2, -0.15) is 0 Å². The Kier molecular flexibility index (Phi) is 6.13. The van der Waals surface area contributed by atoms with Crippen LogP contribution in [0.3, 0.4) is 0 Å². The summed E-state index contributed by atoms with van der Waals surface area (Å²) < 4.78 is 8.63. The van der Waals surface area contributed by atoms with Crippen LogP contribution in [0.1, 0.15) is 19.8 Å². The minimum absolute atomic E-state index is 0.848.